The van der Waals surface area contributed by atoms with Crippen LogP contribution < -0.4 is 5.73 Å². The van der Waals surface area contributed by atoms with Crippen LogP contribution in [0.3, 0.4) is 0 Å². The van der Waals surface area contributed by atoms with E-state index in [1.807, 2.05) is 6.07 Å². The van der Waals surface area contributed by atoms with Crippen molar-refractivity contribution in [1.82, 2.24) is 4.98 Å². The summed E-state index contributed by atoms with van der Waals surface area (Å²) in [6.45, 7) is 0.515. The van der Waals surface area contributed by atoms with Crippen molar-refractivity contribution in [3.8, 4) is 11.3 Å². The molecule has 2 rings (SSSR count). The summed E-state index contributed by atoms with van der Waals surface area (Å²) >= 11 is 11.7. The number of nitrogens with zero attached hydrogens (tertiary/aromatic N) is 1. The van der Waals surface area contributed by atoms with E-state index in [9.17, 15) is 0 Å². The lowest BCUT2D eigenvalue weighted by Crippen LogP contribution is -2.02. The topological polar surface area (TPSA) is 52.0 Å². The first-order chi connectivity index (χ1) is 7.70. The molecule has 0 atom stereocenters. The van der Waals surface area contributed by atoms with Gasteiger partial charge in [-0.15, -0.1) is 0 Å². The SMILES string of the molecule is NCCc1ncc(-c2ccc(Cl)c(Cl)c2)o1. The van der Waals surface area contributed by atoms with Crippen molar-refractivity contribution in [2.75, 3.05) is 6.54 Å². The summed E-state index contributed by atoms with van der Waals surface area (Å²) in [6, 6.07) is 5.31. The zero-order chi connectivity index (χ0) is 11.5. The smallest absolute Gasteiger partial charge is 0.196 e. The number of hydrogen-bond acceptors (Lipinski definition) is 3. The predicted molar refractivity (Wildman–Crippen MR) is 64.7 cm³/mol. The number of benzene rings is 1. The van der Waals surface area contributed by atoms with E-state index in [1.54, 1.807) is 18.3 Å². The largest absolute Gasteiger partial charge is 0.441 e. The summed E-state index contributed by atoms with van der Waals surface area (Å²) in [5.41, 5.74) is 6.27. The molecule has 1 aromatic heterocycles. The van der Waals surface area contributed by atoms with Crippen LogP contribution in [-0.2, 0) is 6.42 Å². The van der Waals surface area contributed by atoms with Crippen LogP contribution in [0.5, 0.6) is 0 Å². The zero-order valence-electron chi connectivity index (χ0n) is 8.41. The lowest BCUT2D eigenvalue weighted by Gasteiger charge is -1.99. The third-order valence-electron chi connectivity index (χ3n) is 2.12. The van der Waals surface area contributed by atoms with E-state index in [4.69, 9.17) is 33.4 Å². The maximum Gasteiger partial charge on any atom is 0.196 e. The van der Waals surface area contributed by atoms with E-state index in [1.165, 1.54) is 0 Å². The molecule has 84 valence electrons. The van der Waals surface area contributed by atoms with E-state index >= 15 is 0 Å². The molecular weight excluding hydrogens is 247 g/mol. The molecule has 0 aliphatic carbocycles. The molecule has 0 spiro atoms. The minimum Gasteiger partial charge on any atom is -0.441 e. The highest BCUT2D eigenvalue weighted by molar-refractivity contribution is 6.42. The molecule has 1 aromatic carbocycles. The average Bonchev–Trinajstić information content (AvgIpc) is 2.71. The number of hydrogen-bond donors (Lipinski definition) is 1. The summed E-state index contributed by atoms with van der Waals surface area (Å²) < 4.78 is 5.51. The van der Waals surface area contributed by atoms with Crippen molar-refractivity contribution in [2.45, 2.75) is 6.42 Å². The molecule has 3 nitrogen and oxygen atoms in total. The first-order valence-corrected chi connectivity index (χ1v) is 5.56. The molecule has 0 amide bonds. The van der Waals surface area contributed by atoms with Gasteiger partial charge in [0.1, 0.15) is 0 Å². The highest BCUT2D eigenvalue weighted by atomic mass is 35.5. The minimum absolute atomic E-state index is 0.496. The molecule has 1 heterocycles. The molecule has 0 saturated carbocycles. The Balaban J connectivity index is 2.31. The number of nitrogens with two attached hydrogens (primary N) is 1. The molecule has 0 saturated heterocycles. The van der Waals surface area contributed by atoms with Crippen LogP contribution in [0.1, 0.15) is 5.89 Å². The first-order valence-electron chi connectivity index (χ1n) is 4.81. The fraction of sp³-hybridized carbons (Fsp3) is 0.182. The number of halogens is 2. The Hall–Kier alpha value is -1.03. The number of aromatic nitrogens is 1. The molecule has 16 heavy (non-hydrogen) atoms. The molecule has 0 fully saturated rings. The van der Waals surface area contributed by atoms with E-state index in [0.29, 0.717) is 34.7 Å². The van der Waals surface area contributed by atoms with Gasteiger partial charge in [0, 0.05) is 18.5 Å². The van der Waals surface area contributed by atoms with Gasteiger partial charge < -0.3 is 10.2 Å². The highest BCUT2D eigenvalue weighted by Crippen LogP contribution is 2.28. The fourth-order valence-corrected chi connectivity index (χ4v) is 1.63. The summed E-state index contributed by atoms with van der Waals surface area (Å²) in [5.74, 6) is 1.30. The Morgan fingerprint density at radius 3 is 2.75 bits per heavy atom. The van der Waals surface area contributed by atoms with Gasteiger partial charge in [-0.1, -0.05) is 23.2 Å². The fourth-order valence-electron chi connectivity index (χ4n) is 1.33. The Bertz CT molecular complexity index is 496. The Labute approximate surface area is 103 Å². The van der Waals surface area contributed by atoms with Crippen molar-refractivity contribution in [1.29, 1.82) is 0 Å². The van der Waals surface area contributed by atoms with Crippen molar-refractivity contribution in [3.63, 3.8) is 0 Å². The second-order valence-electron chi connectivity index (χ2n) is 3.29. The maximum atomic E-state index is 5.92. The standard InChI is InChI=1S/C11H10Cl2N2O/c12-8-2-1-7(5-9(8)13)10-6-15-11(16-10)3-4-14/h1-2,5-6H,3-4,14H2. The van der Waals surface area contributed by atoms with Crippen LogP contribution in [0.2, 0.25) is 10.0 Å². The van der Waals surface area contributed by atoms with E-state index < -0.39 is 0 Å². The predicted octanol–water partition coefficient (Wildman–Crippen LogP) is 3.15. The second kappa shape index (κ2) is 4.87. The van der Waals surface area contributed by atoms with Gasteiger partial charge in [0.05, 0.1) is 16.2 Å². The third-order valence-corrected chi connectivity index (χ3v) is 2.85. The number of oxazole rings is 1. The molecule has 0 radical (unpaired) electrons. The Morgan fingerprint density at radius 1 is 1.25 bits per heavy atom. The average molecular weight is 257 g/mol. The van der Waals surface area contributed by atoms with Gasteiger partial charge in [-0.25, -0.2) is 4.98 Å². The Morgan fingerprint density at radius 2 is 2.06 bits per heavy atom. The monoisotopic (exact) mass is 256 g/mol. The van der Waals surface area contributed by atoms with Crippen molar-refractivity contribution >= 4 is 23.2 Å². The van der Waals surface area contributed by atoms with E-state index in [0.717, 1.165) is 5.56 Å². The highest BCUT2D eigenvalue weighted by Gasteiger charge is 2.07. The lowest BCUT2D eigenvalue weighted by atomic mass is 10.2. The van der Waals surface area contributed by atoms with Crippen LogP contribution in [-0.4, -0.2) is 11.5 Å². The van der Waals surface area contributed by atoms with Gasteiger partial charge in [-0.05, 0) is 18.2 Å². The molecule has 0 bridgehead atoms. The molecule has 5 heteroatoms. The van der Waals surface area contributed by atoms with E-state index in [2.05, 4.69) is 4.98 Å². The van der Waals surface area contributed by atoms with E-state index in [-0.39, 0.29) is 0 Å². The van der Waals surface area contributed by atoms with Crippen LogP contribution in [0, 0.1) is 0 Å². The number of rotatable bonds is 3. The molecule has 0 aliphatic heterocycles. The van der Waals surface area contributed by atoms with Crippen molar-refractivity contribution in [2.24, 2.45) is 5.73 Å². The summed E-state index contributed by atoms with van der Waals surface area (Å²) in [4.78, 5) is 4.11. The normalized spacial score (nSPS) is 10.7. The van der Waals surface area contributed by atoms with Gasteiger partial charge in [0.2, 0.25) is 0 Å². The zero-order valence-corrected chi connectivity index (χ0v) is 9.92. The van der Waals surface area contributed by atoms with Crippen molar-refractivity contribution in [3.05, 3.63) is 40.3 Å². The Kier molecular flexibility index (Phi) is 3.49. The maximum absolute atomic E-state index is 5.92. The summed E-state index contributed by atoms with van der Waals surface area (Å²) in [6.07, 6.45) is 2.28. The van der Waals surface area contributed by atoms with Gasteiger partial charge in [-0.2, -0.15) is 0 Å². The molecular formula is C11H10Cl2N2O. The molecule has 2 N–H and O–H groups in total. The summed E-state index contributed by atoms with van der Waals surface area (Å²) in [5, 5.41) is 1.02. The molecule has 0 aliphatic rings. The van der Waals surface area contributed by atoms with Crippen LogP contribution in [0.15, 0.2) is 28.8 Å². The second-order valence-corrected chi connectivity index (χ2v) is 4.10. The van der Waals surface area contributed by atoms with Crippen LogP contribution in [0.4, 0.5) is 0 Å². The molecule has 0 unspecified atom stereocenters. The quantitative estimate of drug-likeness (QED) is 0.918. The summed E-state index contributed by atoms with van der Waals surface area (Å²) in [7, 11) is 0. The minimum atomic E-state index is 0.496. The third kappa shape index (κ3) is 2.38. The van der Waals surface area contributed by atoms with Gasteiger partial charge in [0.15, 0.2) is 11.7 Å². The van der Waals surface area contributed by atoms with Gasteiger partial charge >= 0.3 is 0 Å². The van der Waals surface area contributed by atoms with Crippen molar-refractivity contribution < 1.29 is 4.42 Å². The molecule has 2 aromatic rings. The van der Waals surface area contributed by atoms with Gasteiger partial charge in [-0.3, -0.25) is 0 Å². The van der Waals surface area contributed by atoms with Gasteiger partial charge in [0.25, 0.3) is 0 Å². The van der Waals surface area contributed by atoms with Crippen LogP contribution in [0.25, 0.3) is 11.3 Å². The lowest BCUT2D eigenvalue weighted by molar-refractivity contribution is 0.508. The first kappa shape index (κ1) is 11.5. The van der Waals surface area contributed by atoms with Crippen LogP contribution >= 0.6 is 23.2 Å².